The maximum atomic E-state index is 10.4. The van der Waals surface area contributed by atoms with Crippen LogP contribution in [0.5, 0.6) is 11.5 Å². The molecule has 1 unspecified atom stereocenters. The van der Waals surface area contributed by atoms with E-state index in [-0.39, 0.29) is 6.61 Å². The van der Waals surface area contributed by atoms with Crippen molar-refractivity contribution in [3.05, 3.63) is 60.0 Å². The van der Waals surface area contributed by atoms with E-state index >= 15 is 0 Å². The number of imidazole rings is 1. The Labute approximate surface area is 190 Å². The fraction of sp³-hybridized carbons (Fsp3) is 0.480. The Bertz CT molecular complexity index is 1000. The minimum absolute atomic E-state index is 0.258. The van der Waals surface area contributed by atoms with Gasteiger partial charge in [0.15, 0.2) is 11.5 Å². The molecule has 3 heterocycles. The van der Waals surface area contributed by atoms with Crippen molar-refractivity contribution in [2.45, 2.75) is 38.5 Å². The molecule has 32 heavy (non-hydrogen) atoms. The van der Waals surface area contributed by atoms with Crippen LogP contribution in [0, 0.1) is 0 Å². The lowest BCUT2D eigenvalue weighted by atomic mass is 10.1. The van der Waals surface area contributed by atoms with Gasteiger partial charge in [-0.15, -0.1) is 0 Å². The van der Waals surface area contributed by atoms with Gasteiger partial charge in [0, 0.05) is 25.8 Å². The summed E-state index contributed by atoms with van der Waals surface area (Å²) in [4.78, 5) is 9.03. The first-order chi connectivity index (χ1) is 15.6. The van der Waals surface area contributed by atoms with Crippen LogP contribution in [0.25, 0.3) is 5.65 Å². The van der Waals surface area contributed by atoms with E-state index in [1.54, 1.807) is 7.11 Å². The molecule has 1 N–H and O–H groups in total. The van der Waals surface area contributed by atoms with Gasteiger partial charge in [-0.3, -0.25) is 4.90 Å². The van der Waals surface area contributed by atoms with Crippen molar-refractivity contribution >= 4 is 5.65 Å². The molecule has 0 bridgehead atoms. The lowest BCUT2D eigenvalue weighted by molar-refractivity contribution is 0.0608. The van der Waals surface area contributed by atoms with E-state index in [1.165, 1.54) is 19.3 Å². The number of fused-ring (bicyclic) bond motifs is 1. The third-order valence-corrected chi connectivity index (χ3v) is 5.95. The van der Waals surface area contributed by atoms with Crippen molar-refractivity contribution in [2.75, 3.05) is 40.4 Å². The van der Waals surface area contributed by atoms with Crippen LogP contribution >= 0.6 is 0 Å². The van der Waals surface area contributed by atoms with Gasteiger partial charge in [-0.05, 0) is 62.8 Å². The summed E-state index contributed by atoms with van der Waals surface area (Å²) in [5.74, 6) is 1.36. The first-order valence-electron chi connectivity index (χ1n) is 11.4. The Morgan fingerprint density at radius 1 is 1.09 bits per heavy atom. The van der Waals surface area contributed by atoms with Crippen molar-refractivity contribution in [1.82, 2.24) is 19.2 Å². The molecular formula is C25H34N4O3. The summed E-state index contributed by atoms with van der Waals surface area (Å²) >= 11 is 0. The van der Waals surface area contributed by atoms with Gasteiger partial charge in [0.1, 0.15) is 18.4 Å². The van der Waals surface area contributed by atoms with Gasteiger partial charge in [-0.25, -0.2) is 4.98 Å². The third kappa shape index (κ3) is 5.79. The molecule has 7 heteroatoms. The predicted molar refractivity (Wildman–Crippen MR) is 125 cm³/mol. The summed E-state index contributed by atoms with van der Waals surface area (Å²) in [6.07, 6.45) is 7.17. The summed E-state index contributed by atoms with van der Waals surface area (Å²) in [6.45, 7) is 4.58. The Morgan fingerprint density at radius 3 is 2.75 bits per heavy atom. The normalized spacial score (nSPS) is 15.9. The van der Waals surface area contributed by atoms with Gasteiger partial charge in [-0.2, -0.15) is 0 Å². The minimum Gasteiger partial charge on any atom is -0.493 e. The molecular weight excluding hydrogens is 404 g/mol. The molecule has 3 aromatic rings. The first kappa shape index (κ1) is 22.6. The fourth-order valence-electron chi connectivity index (χ4n) is 4.36. The van der Waals surface area contributed by atoms with Crippen molar-refractivity contribution in [2.24, 2.45) is 0 Å². The molecule has 4 rings (SSSR count). The summed E-state index contributed by atoms with van der Waals surface area (Å²) in [7, 11) is 3.73. The molecule has 1 atom stereocenters. The van der Waals surface area contributed by atoms with Gasteiger partial charge in [0.2, 0.25) is 0 Å². The number of pyridine rings is 1. The number of rotatable bonds is 10. The second-order valence-electron chi connectivity index (χ2n) is 8.66. The van der Waals surface area contributed by atoms with Crippen LogP contribution in [0.15, 0.2) is 48.8 Å². The van der Waals surface area contributed by atoms with Crippen molar-refractivity contribution in [3.63, 3.8) is 0 Å². The lowest BCUT2D eigenvalue weighted by Gasteiger charge is -2.28. The predicted octanol–water partition coefficient (Wildman–Crippen LogP) is 3.20. The zero-order valence-corrected chi connectivity index (χ0v) is 19.1. The number of hydrogen-bond donors (Lipinski definition) is 1. The number of methoxy groups -OCH3 is 1. The van der Waals surface area contributed by atoms with Crippen molar-refractivity contribution in [3.8, 4) is 11.5 Å². The minimum atomic E-state index is -0.515. The first-order valence-corrected chi connectivity index (χ1v) is 11.4. The number of nitrogens with zero attached hydrogens (tertiary/aromatic N) is 4. The van der Waals surface area contributed by atoms with Crippen LogP contribution in [0.2, 0.25) is 0 Å². The van der Waals surface area contributed by atoms with Crippen LogP contribution in [-0.4, -0.2) is 70.8 Å². The fourth-order valence-corrected chi connectivity index (χ4v) is 4.36. The molecule has 1 fully saturated rings. The maximum Gasteiger partial charge on any atom is 0.161 e. The molecule has 0 radical (unpaired) electrons. The summed E-state index contributed by atoms with van der Waals surface area (Å²) in [6, 6.07) is 12.0. The van der Waals surface area contributed by atoms with E-state index in [1.807, 2.05) is 42.7 Å². The van der Waals surface area contributed by atoms with E-state index in [0.29, 0.717) is 18.0 Å². The van der Waals surface area contributed by atoms with E-state index in [9.17, 15) is 5.11 Å². The third-order valence-electron chi connectivity index (χ3n) is 5.95. The van der Waals surface area contributed by atoms with Crippen LogP contribution in [0.3, 0.4) is 0 Å². The SMILES string of the molecule is COc1ccc(CN(C)Cc2cnc3ccccn23)cc1OCC(O)CN1CCCCC1. The summed E-state index contributed by atoms with van der Waals surface area (Å²) < 4.78 is 13.6. The Kier molecular flexibility index (Phi) is 7.63. The van der Waals surface area contributed by atoms with Crippen molar-refractivity contribution < 1.29 is 14.6 Å². The highest BCUT2D eigenvalue weighted by atomic mass is 16.5. The molecule has 0 spiro atoms. The van der Waals surface area contributed by atoms with Gasteiger partial charge >= 0.3 is 0 Å². The van der Waals surface area contributed by atoms with Crippen LogP contribution < -0.4 is 9.47 Å². The van der Waals surface area contributed by atoms with Gasteiger partial charge < -0.3 is 23.9 Å². The van der Waals surface area contributed by atoms with Crippen LogP contribution in [0.4, 0.5) is 0 Å². The van der Waals surface area contributed by atoms with Crippen molar-refractivity contribution in [1.29, 1.82) is 0 Å². The van der Waals surface area contributed by atoms with Gasteiger partial charge in [0.05, 0.1) is 19.0 Å². The number of β-amino-alcohol motifs (C(OH)–C–C–N with tert-alkyl or cyclic N) is 1. The van der Waals surface area contributed by atoms with Gasteiger partial charge in [-0.1, -0.05) is 18.6 Å². The molecule has 0 saturated carbocycles. The lowest BCUT2D eigenvalue weighted by Crippen LogP contribution is -2.38. The Hall–Kier alpha value is -2.61. The second kappa shape index (κ2) is 10.8. The standard InChI is InChI=1S/C25H34N4O3/c1-27(17-21-15-26-25-8-4-7-13-29(21)25)16-20-9-10-23(31-2)24(14-20)32-19-22(30)18-28-11-5-3-6-12-28/h4,7-10,13-15,22,30H,3,5-6,11-12,16-19H2,1-2H3. The zero-order valence-electron chi connectivity index (χ0n) is 19.1. The molecule has 7 nitrogen and oxygen atoms in total. The van der Waals surface area contributed by atoms with Crippen LogP contribution in [0.1, 0.15) is 30.5 Å². The number of ether oxygens (including phenoxy) is 2. The summed E-state index contributed by atoms with van der Waals surface area (Å²) in [5.41, 5.74) is 3.23. The number of aromatic nitrogens is 2. The molecule has 0 amide bonds. The monoisotopic (exact) mass is 438 g/mol. The van der Waals surface area contributed by atoms with Crippen LogP contribution in [-0.2, 0) is 13.1 Å². The Balaban J connectivity index is 1.35. The number of likely N-dealkylation sites (tertiary alicyclic amines) is 1. The second-order valence-corrected chi connectivity index (χ2v) is 8.66. The van der Waals surface area contributed by atoms with Gasteiger partial charge in [0.25, 0.3) is 0 Å². The molecule has 172 valence electrons. The molecule has 1 saturated heterocycles. The molecule has 1 aliphatic rings. The Morgan fingerprint density at radius 2 is 1.94 bits per heavy atom. The van der Waals surface area contributed by atoms with E-state index in [0.717, 1.165) is 43.1 Å². The summed E-state index contributed by atoms with van der Waals surface area (Å²) in [5, 5.41) is 10.4. The topological polar surface area (TPSA) is 62.5 Å². The highest BCUT2D eigenvalue weighted by Gasteiger charge is 2.16. The maximum absolute atomic E-state index is 10.4. The number of aliphatic hydroxyl groups is 1. The molecule has 0 aliphatic carbocycles. The molecule has 2 aromatic heterocycles. The number of aliphatic hydroxyl groups excluding tert-OH is 1. The number of benzene rings is 1. The largest absolute Gasteiger partial charge is 0.493 e. The number of hydrogen-bond acceptors (Lipinski definition) is 6. The zero-order chi connectivity index (χ0) is 22.3. The van der Waals surface area contributed by atoms with E-state index < -0.39 is 6.10 Å². The molecule has 1 aliphatic heterocycles. The molecule has 1 aromatic carbocycles. The average Bonchev–Trinajstić information content (AvgIpc) is 3.21. The van der Waals surface area contributed by atoms with E-state index in [2.05, 4.69) is 32.3 Å². The number of piperidine rings is 1. The smallest absolute Gasteiger partial charge is 0.161 e. The highest BCUT2D eigenvalue weighted by Crippen LogP contribution is 2.29. The quantitative estimate of drug-likeness (QED) is 0.525. The highest BCUT2D eigenvalue weighted by molar-refractivity contribution is 5.43. The van der Waals surface area contributed by atoms with E-state index in [4.69, 9.17) is 9.47 Å². The average molecular weight is 439 g/mol.